The summed E-state index contributed by atoms with van der Waals surface area (Å²) in [7, 11) is 0. The van der Waals surface area contributed by atoms with Gasteiger partial charge < -0.3 is 9.15 Å². The maximum Gasteiger partial charge on any atom is 0.437 e. The molecule has 1 heterocycles. The van der Waals surface area contributed by atoms with E-state index in [9.17, 15) is 4.79 Å². The number of hydrogen-bond donors (Lipinski definition) is 0. The molecule has 3 rings (SSSR count). The monoisotopic (exact) mass is 322 g/mol. The van der Waals surface area contributed by atoms with E-state index in [1.165, 1.54) is 4.68 Å². The molecule has 0 aliphatic heterocycles. The van der Waals surface area contributed by atoms with E-state index >= 15 is 0 Å². The van der Waals surface area contributed by atoms with Crippen molar-refractivity contribution in [3.05, 3.63) is 88.9 Å². The van der Waals surface area contributed by atoms with Gasteiger partial charge in [-0.3, -0.25) is 0 Å². The fraction of sp³-hybridized carbons (Fsp3) is 0.158. The van der Waals surface area contributed by atoms with Crippen molar-refractivity contribution in [3.8, 4) is 11.5 Å². The van der Waals surface area contributed by atoms with Gasteiger partial charge in [-0.15, -0.1) is 5.10 Å². The molecule has 0 radical (unpaired) electrons. The van der Waals surface area contributed by atoms with E-state index in [1.807, 2.05) is 72.8 Å². The maximum atomic E-state index is 11.8. The first-order valence-electron chi connectivity index (χ1n) is 7.73. The topological polar surface area (TPSA) is 57.3 Å². The second-order valence-corrected chi connectivity index (χ2v) is 5.19. The van der Waals surface area contributed by atoms with Crippen LogP contribution in [0.5, 0.6) is 0 Å². The van der Waals surface area contributed by atoms with Crippen LogP contribution in [0.15, 0.2) is 82.0 Å². The predicted molar refractivity (Wildman–Crippen MR) is 91.4 cm³/mol. The molecule has 0 unspecified atom stereocenters. The highest BCUT2D eigenvalue weighted by Gasteiger charge is 2.08. The number of benzene rings is 2. The van der Waals surface area contributed by atoms with Gasteiger partial charge in [0.2, 0.25) is 5.89 Å². The van der Waals surface area contributed by atoms with Crippen LogP contribution in [-0.4, -0.2) is 16.4 Å². The lowest BCUT2D eigenvalue weighted by molar-refractivity contribution is 0.148. The molecule has 0 aliphatic rings. The zero-order chi connectivity index (χ0) is 16.6. The normalized spacial score (nSPS) is 11.2. The highest BCUT2D eigenvalue weighted by molar-refractivity contribution is 5.51. The molecule has 0 amide bonds. The van der Waals surface area contributed by atoms with Crippen molar-refractivity contribution < 1.29 is 9.15 Å². The smallest absolute Gasteiger partial charge is 0.388 e. The Morgan fingerprint density at radius 2 is 1.71 bits per heavy atom. The van der Waals surface area contributed by atoms with Gasteiger partial charge in [0.25, 0.3) is 0 Å². The standard InChI is InChI=1S/C19H18N2O3/c22-19-21(20-18(24-19)17-11-5-2-6-12-17)13-7-8-14-23-15-16-9-3-1-4-10-16/h1-12H,13-15H2. The molecule has 2 aromatic carbocycles. The summed E-state index contributed by atoms with van der Waals surface area (Å²) in [5, 5.41) is 4.19. The molecule has 1 aromatic heterocycles. The summed E-state index contributed by atoms with van der Waals surface area (Å²) < 4.78 is 12.0. The van der Waals surface area contributed by atoms with Gasteiger partial charge in [-0.1, -0.05) is 60.7 Å². The third kappa shape index (κ3) is 4.30. The molecule has 5 nitrogen and oxygen atoms in total. The Hall–Kier alpha value is -2.92. The molecule has 0 atom stereocenters. The molecule has 24 heavy (non-hydrogen) atoms. The van der Waals surface area contributed by atoms with Crippen molar-refractivity contribution in [1.82, 2.24) is 9.78 Å². The molecule has 122 valence electrons. The summed E-state index contributed by atoms with van der Waals surface area (Å²) in [4.78, 5) is 11.8. The highest BCUT2D eigenvalue weighted by atomic mass is 16.5. The van der Waals surface area contributed by atoms with Crippen LogP contribution in [0.3, 0.4) is 0 Å². The van der Waals surface area contributed by atoms with Crippen molar-refractivity contribution >= 4 is 0 Å². The van der Waals surface area contributed by atoms with Gasteiger partial charge in [-0.05, 0) is 17.7 Å². The van der Waals surface area contributed by atoms with Crippen molar-refractivity contribution in [2.75, 3.05) is 6.61 Å². The van der Waals surface area contributed by atoms with E-state index in [4.69, 9.17) is 9.15 Å². The zero-order valence-electron chi connectivity index (χ0n) is 13.2. The van der Waals surface area contributed by atoms with Crippen LogP contribution >= 0.6 is 0 Å². The van der Waals surface area contributed by atoms with Gasteiger partial charge in [-0.2, -0.15) is 4.68 Å². The quantitative estimate of drug-likeness (QED) is 0.495. The van der Waals surface area contributed by atoms with E-state index in [1.54, 1.807) is 0 Å². The number of hydrogen-bond acceptors (Lipinski definition) is 4. The minimum Gasteiger partial charge on any atom is -0.388 e. The first-order valence-corrected chi connectivity index (χ1v) is 7.73. The number of aromatic nitrogens is 2. The van der Waals surface area contributed by atoms with Crippen molar-refractivity contribution in [2.45, 2.75) is 13.2 Å². The molecular formula is C19H18N2O3. The highest BCUT2D eigenvalue weighted by Crippen LogP contribution is 2.13. The maximum absolute atomic E-state index is 11.8. The lowest BCUT2D eigenvalue weighted by Crippen LogP contribution is -2.14. The molecule has 5 heteroatoms. The van der Waals surface area contributed by atoms with E-state index in [0.717, 1.165) is 11.1 Å². The zero-order valence-corrected chi connectivity index (χ0v) is 13.2. The van der Waals surface area contributed by atoms with Gasteiger partial charge in [0.05, 0.1) is 19.8 Å². The van der Waals surface area contributed by atoms with Crippen molar-refractivity contribution in [1.29, 1.82) is 0 Å². The molecule has 0 aliphatic carbocycles. The largest absolute Gasteiger partial charge is 0.437 e. The van der Waals surface area contributed by atoms with Crippen LogP contribution in [-0.2, 0) is 17.9 Å². The fourth-order valence-electron chi connectivity index (χ4n) is 2.18. The third-order valence-corrected chi connectivity index (χ3v) is 3.40. The SMILES string of the molecule is O=c1oc(-c2ccccc2)nn1CC=CCOCc1ccccc1. The number of allylic oxidation sites excluding steroid dienone is 1. The van der Waals surface area contributed by atoms with Crippen LogP contribution in [0.1, 0.15) is 5.56 Å². The fourth-order valence-corrected chi connectivity index (χ4v) is 2.18. The molecule has 3 aromatic rings. The molecule has 0 N–H and O–H groups in total. The molecule has 0 fully saturated rings. The lowest BCUT2D eigenvalue weighted by atomic mass is 10.2. The summed E-state index contributed by atoms with van der Waals surface area (Å²) >= 11 is 0. The first-order chi connectivity index (χ1) is 11.8. The molecule has 0 spiro atoms. The van der Waals surface area contributed by atoms with Crippen LogP contribution in [0, 0.1) is 0 Å². The van der Waals surface area contributed by atoms with E-state index < -0.39 is 5.76 Å². The first kappa shape index (κ1) is 16.0. The number of ether oxygens (including phenoxy) is 1. The van der Waals surface area contributed by atoms with Gasteiger partial charge in [0.15, 0.2) is 0 Å². The van der Waals surface area contributed by atoms with E-state index in [2.05, 4.69) is 5.10 Å². The second-order valence-electron chi connectivity index (χ2n) is 5.19. The van der Waals surface area contributed by atoms with Crippen molar-refractivity contribution in [2.24, 2.45) is 0 Å². The summed E-state index contributed by atoms with van der Waals surface area (Å²) in [6, 6.07) is 19.3. The Kier molecular flexibility index (Phi) is 5.37. The number of rotatable bonds is 7. The summed E-state index contributed by atoms with van der Waals surface area (Å²) in [6.45, 7) is 1.39. The average Bonchev–Trinajstić information content (AvgIpc) is 3.00. The Morgan fingerprint density at radius 3 is 2.46 bits per heavy atom. The molecule has 0 bridgehead atoms. The minimum absolute atomic E-state index is 0.328. The van der Waals surface area contributed by atoms with Gasteiger partial charge in [-0.25, -0.2) is 4.79 Å². The van der Waals surface area contributed by atoms with Crippen LogP contribution in [0.2, 0.25) is 0 Å². The van der Waals surface area contributed by atoms with Crippen LogP contribution in [0.25, 0.3) is 11.5 Å². The van der Waals surface area contributed by atoms with Crippen LogP contribution in [0.4, 0.5) is 0 Å². The van der Waals surface area contributed by atoms with E-state index in [-0.39, 0.29) is 0 Å². The Morgan fingerprint density at radius 1 is 1.00 bits per heavy atom. The minimum atomic E-state index is -0.469. The summed E-state index contributed by atoms with van der Waals surface area (Å²) in [5.74, 6) is -0.141. The lowest BCUT2D eigenvalue weighted by Gasteiger charge is -2.00. The second kappa shape index (κ2) is 8.08. The Bertz CT molecular complexity index is 836. The summed E-state index contributed by atoms with van der Waals surface area (Å²) in [6.07, 6.45) is 3.70. The van der Waals surface area contributed by atoms with Crippen LogP contribution < -0.4 is 5.76 Å². The van der Waals surface area contributed by atoms with E-state index in [0.29, 0.717) is 25.6 Å². The Labute approximate surface area is 139 Å². The average molecular weight is 322 g/mol. The molecule has 0 saturated heterocycles. The van der Waals surface area contributed by atoms with Gasteiger partial charge in [0.1, 0.15) is 0 Å². The number of nitrogens with zero attached hydrogens (tertiary/aromatic N) is 2. The predicted octanol–water partition coefficient (Wildman–Crippen LogP) is 3.28. The third-order valence-electron chi connectivity index (χ3n) is 3.40. The van der Waals surface area contributed by atoms with Crippen molar-refractivity contribution in [3.63, 3.8) is 0 Å². The molecular weight excluding hydrogens is 304 g/mol. The molecule has 0 saturated carbocycles. The Balaban J connectivity index is 1.50. The summed E-state index contributed by atoms with van der Waals surface area (Å²) in [5.41, 5.74) is 1.91. The van der Waals surface area contributed by atoms with Gasteiger partial charge in [0, 0.05) is 5.56 Å². The van der Waals surface area contributed by atoms with Gasteiger partial charge >= 0.3 is 5.76 Å².